The van der Waals surface area contributed by atoms with Gasteiger partial charge < -0.3 is 14.8 Å². The van der Waals surface area contributed by atoms with Crippen molar-refractivity contribution in [1.29, 1.82) is 0 Å². The molecule has 1 unspecified atom stereocenters. The van der Waals surface area contributed by atoms with Crippen LogP contribution in [-0.2, 0) is 9.53 Å². The van der Waals surface area contributed by atoms with Crippen LogP contribution >= 0.6 is 0 Å². The van der Waals surface area contributed by atoms with Gasteiger partial charge in [-0.15, -0.1) is 0 Å². The average Bonchev–Trinajstić information content (AvgIpc) is 2.53. The number of anilines is 1. The van der Waals surface area contributed by atoms with Crippen LogP contribution in [0.1, 0.15) is 11.6 Å². The highest BCUT2D eigenvalue weighted by molar-refractivity contribution is 5.80. The lowest BCUT2D eigenvalue weighted by Crippen LogP contribution is -2.22. The molecule has 1 atom stereocenters. The zero-order valence-electron chi connectivity index (χ0n) is 11.4. The first-order valence-corrected chi connectivity index (χ1v) is 6.14. The highest BCUT2D eigenvalue weighted by atomic mass is 16.5. The predicted molar refractivity (Wildman–Crippen MR) is 75.6 cm³/mol. The Morgan fingerprint density at radius 3 is 2.45 bits per heavy atom. The molecule has 5 nitrogen and oxygen atoms in total. The van der Waals surface area contributed by atoms with Gasteiger partial charge in [-0.2, -0.15) is 0 Å². The molecular formula is C15H16N2O3. The molecule has 1 heterocycles. The van der Waals surface area contributed by atoms with Crippen LogP contribution in [0.5, 0.6) is 5.75 Å². The average molecular weight is 272 g/mol. The van der Waals surface area contributed by atoms with Crippen LogP contribution in [0.4, 0.5) is 5.82 Å². The summed E-state index contributed by atoms with van der Waals surface area (Å²) in [6, 6.07) is 12.3. The van der Waals surface area contributed by atoms with E-state index in [1.807, 2.05) is 30.3 Å². The van der Waals surface area contributed by atoms with Crippen LogP contribution in [0.3, 0.4) is 0 Å². The Bertz CT molecular complexity index is 555. The van der Waals surface area contributed by atoms with Crippen molar-refractivity contribution in [2.75, 3.05) is 19.5 Å². The van der Waals surface area contributed by atoms with Crippen molar-refractivity contribution in [2.24, 2.45) is 0 Å². The molecule has 0 saturated carbocycles. The molecule has 20 heavy (non-hydrogen) atoms. The summed E-state index contributed by atoms with van der Waals surface area (Å²) in [6.07, 6.45) is 1.58. The number of hydrogen-bond donors (Lipinski definition) is 1. The Kier molecular flexibility index (Phi) is 4.55. The van der Waals surface area contributed by atoms with Gasteiger partial charge in [0.15, 0.2) is 6.04 Å². The van der Waals surface area contributed by atoms with E-state index in [1.54, 1.807) is 25.4 Å². The van der Waals surface area contributed by atoms with Crippen molar-refractivity contribution in [2.45, 2.75) is 6.04 Å². The third kappa shape index (κ3) is 3.26. The highest BCUT2D eigenvalue weighted by Gasteiger charge is 2.21. The molecule has 1 aromatic carbocycles. The van der Waals surface area contributed by atoms with Gasteiger partial charge in [0.1, 0.15) is 11.6 Å². The first-order valence-electron chi connectivity index (χ1n) is 6.14. The number of methoxy groups -OCH3 is 2. The van der Waals surface area contributed by atoms with E-state index in [0.29, 0.717) is 11.6 Å². The SMILES string of the molecule is COC(=O)C(Nc1ccc(OC)cn1)c1ccccc1. The lowest BCUT2D eigenvalue weighted by atomic mass is 10.1. The molecular weight excluding hydrogens is 256 g/mol. The molecule has 1 aromatic heterocycles. The van der Waals surface area contributed by atoms with Gasteiger partial charge in [-0.05, 0) is 17.7 Å². The molecule has 0 aliphatic carbocycles. The molecule has 104 valence electrons. The van der Waals surface area contributed by atoms with Crippen LogP contribution < -0.4 is 10.1 Å². The van der Waals surface area contributed by atoms with Gasteiger partial charge in [0, 0.05) is 0 Å². The molecule has 0 spiro atoms. The topological polar surface area (TPSA) is 60.5 Å². The summed E-state index contributed by atoms with van der Waals surface area (Å²) in [5, 5.41) is 3.06. The van der Waals surface area contributed by atoms with Crippen molar-refractivity contribution in [3.05, 3.63) is 54.2 Å². The largest absolute Gasteiger partial charge is 0.495 e. The van der Waals surface area contributed by atoms with Crippen LogP contribution in [0, 0.1) is 0 Å². The van der Waals surface area contributed by atoms with Gasteiger partial charge in [-0.1, -0.05) is 30.3 Å². The van der Waals surface area contributed by atoms with Crippen LogP contribution in [0.2, 0.25) is 0 Å². The molecule has 0 bridgehead atoms. The minimum atomic E-state index is -0.595. The van der Waals surface area contributed by atoms with E-state index < -0.39 is 6.04 Å². The maximum absolute atomic E-state index is 11.9. The Balaban J connectivity index is 2.21. The van der Waals surface area contributed by atoms with Crippen LogP contribution in [0.15, 0.2) is 48.7 Å². The first-order chi connectivity index (χ1) is 9.74. The normalized spacial score (nSPS) is 11.5. The smallest absolute Gasteiger partial charge is 0.333 e. The summed E-state index contributed by atoms with van der Waals surface area (Å²) < 4.78 is 9.88. The molecule has 2 rings (SSSR count). The minimum Gasteiger partial charge on any atom is -0.495 e. The third-order valence-corrected chi connectivity index (χ3v) is 2.83. The van der Waals surface area contributed by atoms with Crippen molar-refractivity contribution < 1.29 is 14.3 Å². The lowest BCUT2D eigenvalue weighted by molar-refractivity contribution is -0.141. The van der Waals surface area contributed by atoms with E-state index in [2.05, 4.69) is 10.3 Å². The van der Waals surface area contributed by atoms with Gasteiger partial charge in [-0.25, -0.2) is 9.78 Å². The zero-order valence-corrected chi connectivity index (χ0v) is 11.4. The number of nitrogens with zero attached hydrogens (tertiary/aromatic N) is 1. The Labute approximate surface area is 117 Å². The fourth-order valence-electron chi connectivity index (χ4n) is 1.78. The number of hydrogen-bond acceptors (Lipinski definition) is 5. The van der Waals surface area contributed by atoms with Gasteiger partial charge >= 0.3 is 5.97 Å². The Morgan fingerprint density at radius 2 is 1.90 bits per heavy atom. The second-order valence-corrected chi connectivity index (χ2v) is 4.09. The zero-order chi connectivity index (χ0) is 14.4. The van der Waals surface area contributed by atoms with Gasteiger partial charge in [-0.3, -0.25) is 0 Å². The minimum absolute atomic E-state index is 0.367. The van der Waals surface area contributed by atoms with Crippen LogP contribution in [-0.4, -0.2) is 25.2 Å². The maximum Gasteiger partial charge on any atom is 0.333 e. The number of rotatable bonds is 5. The lowest BCUT2D eigenvalue weighted by Gasteiger charge is -2.17. The quantitative estimate of drug-likeness (QED) is 0.847. The van der Waals surface area contributed by atoms with Crippen molar-refractivity contribution in [1.82, 2.24) is 4.98 Å². The van der Waals surface area contributed by atoms with Gasteiger partial charge in [0.25, 0.3) is 0 Å². The molecule has 2 aromatic rings. The molecule has 0 saturated heterocycles. The van der Waals surface area contributed by atoms with E-state index >= 15 is 0 Å². The number of esters is 1. The van der Waals surface area contributed by atoms with E-state index in [4.69, 9.17) is 9.47 Å². The second-order valence-electron chi connectivity index (χ2n) is 4.09. The fourth-order valence-corrected chi connectivity index (χ4v) is 1.78. The number of carbonyl (C=O) groups is 1. The summed E-state index contributed by atoms with van der Waals surface area (Å²) in [4.78, 5) is 16.1. The van der Waals surface area contributed by atoms with Crippen molar-refractivity contribution in [3.63, 3.8) is 0 Å². The summed E-state index contributed by atoms with van der Waals surface area (Å²) in [6.45, 7) is 0. The predicted octanol–water partition coefficient (Wildman–Crippen LogP) is 2.42. The monoisotopic (exact) mass is 272 g/mol. The van der Waals surface area contributed by atoms with E-state index in [1.165, 1.54) is 7.11 Å². The number of benzene rings is 1. The molecule has 0 radical (unpaired) electrons. The first kappa shape index (κ1) is 13.9. The second kappa shape index (κ2) is 6.56. The fraction of sp³-hybridized carbons (Fsp3) is 0.200. The van der Waals surface area contributed by atoms with Crippen molar-refractivity contribution in [3.8, 4) is 5.75 Å². The maximum atomic E-state index is 11.9. The highest BCUT2D eigenvalue weighted by Crippen LogP contribution is 2.20. The van der Waals surface area contributed by atoms with Crippen molar-refractivity contribution >= 4 is 11.8 Å². The molecule has 1 N–H and O–H groups in total. The number of nitrogens with one attached hydrogen (secondary N) is 1. The van der Waals surface area contributed by atoms with Gasteiger partial charge in [0.05, 0.1) is 20.4 Å². The van der Waals surface area contributed by atoms with E-state index in [9.17, 15) is 4.79 Å². The number of aromatic nitrogens is 1. The Hall–Kier alpha value is -2.56. The van der Waals surface area contributed by atoms with E-state index in [0.717, 1.165) is 5.56 Å². The molecule has 0 aliphatic heterocycles. The number of ether oxygens (including phenoxy) is 2. The van der Waals surface area contributed by atoms with E-state index in [-0.39, 0.29) is 5.97 Å². The molecule has 0 amide bonds. The van der Waals surface area contributed by atoms with Gasteiger partial charge in [0.2, 0.25) is 0 Å². The number of carbonyl (C=O) groups excluding carboxylic acids is 1. The Morgan fingerprint density at radius 1 is 1.15 bits per heavy atom. The number of pyridine rings is 1. The summed E-state index contributed by atoms with van der Waals surface area (Å²) in [5.41, 5.74) is 0.817. The molecule has 0 aliphatic rings. The molecule has 5 heteroatoms. The molecule has 0 fully saturated rings. The summed E-state index contributed by atoms with van der Waals surface area (Å²) >= 11 is 0. The third-order valence-electron chi connectivity index (χ3n) is 2.83. The van der Waals surface area contributed by atoms with Crippen LogP contribution in [0.25, 0.3) is 0 Å². The summed E-state index contributed by atoms with van der Waals surface area (Å²) in [7, 11) is 2.94. The standard InChI is InChI=1S/C15H16N2O3/c1-19-12-8-9-13(16-10-12)17-14(15(18)20-2)11-6-4-3-5-7-11/h3-10,14H,1-2H3,(H,16,17). The summed E-state index contributed by atoms with van der Waals surface area (Å²) in [5.74, 6) is 0.865.